The molecule has 6 heteroatoms. The number of para-hydroxylation sites is 1. The molecule has 2 N–H and O–H groups in total. The van der Waals surface area contributed by atoms with Gasteiger partial charge in [-0.15, -0.1) is 11.8 Å². The lowest BCUT2D eigenvalue weighted by atomic mass is 10.1. The third-order valence-electron chi connectivity index (χ3n) is 3.87. The molecule has 28 heavy (non-hydrogen) atoms. The lowest BCUT2D eigenvalue weighted by Gasteiger charge is -2.14. The molecule has 2 amide bonds. The van der Waals surface area contributed by atoms with E-state index in [0.717, 1.165) is 11.3 Å². The molecule has 0 aliphatic heterocycles. The van der Waals surface area contributed by atoms with Gasteiger partial charge in [0.2, 0.25) is 0 Å². The van der Waals surface area contributed by atoms with Crippen LogP contribution in [0.5, 0.6) is 0 Å². The monoisotopic (exact) mass is 400 g/mol. The SMILES string of the molecule is CCOCCCNC(=O)c1ccccc1NC(=O)c1ccccc1SC(C)C. The van der Waals surface area contributed by atoms with Gasteiger partial charge in [-0.3, -0.25) is 9.59 Å². The average molecular weight is 401 g/mol. The van der Waals surface area contributed by atoms with Crippen molar-refractivity contribution in [3.8, 4) is 0 Å². The molecule has 2 aromatic rings. The Labute approximate surface area is 171 Å². The van der Waals surface area contributed by atoms with Crippen LogP contribution in [0.4, 0.5) is 5.69 Å². The van der Waals surface area contributed by atoms with Gasteiger partial charge in [0.1, 0.15) is 0 Å². The maximum Gasteiger partial charge on any atom is 0.256 e. The summed E-state index contributed by atoms with van der Waals surface area (Å²) in [5.41, 5.74) is 1.55. The Morgan fingerprint density at radius 1 is 1.00 bits per heavy atom. The van der Waals surface area contributed by atoms with Crippen LogP contribution in [-0.4, -0.2) is 36.8 Å². The van der Waals surface area contributed by atoms with E-state index in [-0.39, 0.29) is 11.8 Å². The lowest BCUT2D eigenvalue weighted by Crippen LogP contribution is -2.27. The molecule has 0 aromatic heterocycles. The van der Waals surface area contributed by atoms with E-state index in [1.54, 1.807) is 42.1 Å². The third kappa shape index (κ3) is 6.69. The van der Waals surface area contributed by atoms with Crippen LogP contribution in [0, 0.1) is 0 Å². The normalized spacial score (nSPS) is 10.7. The molecule has 0 aliphatic rings. The van der Waals surface area contributed by atoms with Gasteiger partial charge in [-0.25, -0.2) is 0 Å². The minimum Gasteiger partial charge on any atom is -0.382 e. The Kier molecular flexibility index (Phi) is 9.04. The number of carbonyl (C=O) groups is 2. The highest BCUT2D eigenvalue weighted by Crippen LogP contribution is 2.27. The number of ether oxygens (including phenoxy) is 1. The highest BCUT2D eigenvalue weighted by Gasteiger charge is 2.16. The minimum atomic E-state index is -0.222. The smallest absolute Gasteiger partial charge is 0.256 e. The first kappa shape index (κ1) is 22.0. The lowest BCUT2D eigenvalue weighted by molar-refractivity contribution is 0.0945. The van der Waals surface area contributed by atoms with E-state index >= 15 is 0 Å². The minimum absolute atomic E-state index is 0.211. The number of hydrogen-bond acceptors (Lipinski definition) is 4. The van der Waals surface area contributed by atoms with Gasteiger partial charge in [-0.2, -0.15) is 0 Å². The van der Waals surface area contributed by atoms with Gasteiger partial charge in [-0.05, 0) is 37.6 Å². The van der Waals surface area contributed by atoms with Crippen LogP contribution in [0.1, 0.15) is 47.9 Å². The zero-order chi connectivity index (χ0) is 20.4. The molecule has 2 rings (SSSR count). The molecule has 0 aliphatic carbocycles. The molecule has 0 unspecified atom stereocenters. The van der Waals surface area contributed by atoms with Crippen molar-refractivity contribution in [3.63, 3.8) is 0 Å². The maximum atomic E-state index is 12.9. The highest BCUT2D eigenvalue weighted by molar-refractivity contribution is 8.00. The summed E-state index contributed by atoms with van der Waals surface area (Å²) in [7, 11) is 0. The van der Waals surface area contributed by atoms with E-state index in [4.69, 9.17) is 4.74 Å². The molecule has 0 fully saturated rings. The van der Waals surface area contributed by atoms with Gasteiger partial charge in [0.05, 0.1) is 16.8 Å². The van der Waals surface area contributed by atoms with Gasteiger partial charge >= 0.3 is 0 Å². The Morgan fingerprint density at radius 3 is 2.39 bits per heavy atom. The number of carbonyl (C=O) groups excluding carboxylic acids is 2. The zero-order valence-electron chi connectivity index (χ0n) is 16.7. The Bertz CT molecular complexity index is 793. The van der Waals surface area contributed by atoms with Crippen molar-refractivity contribution >= 4 is 29.3 Å². The molecule has 0 bridgehead atoms. The predicted octanol–water partition coefficient (Wildman–Crippen LogP) is 4.60. The van der Waals surface area contributed by atoms with E-state index in [1.807, 2.05) is 25.1 Å². The number of thioether (sulfide) groups is 1. The summed E-state index contributed by atoms with van der Waals surface area (Å²) in [4.78, 5) is 26.3. The Balaban J connectivity index is 2.09. The quantitative estimate of drug-likeness (QED) is 0.452. The van der Waals surface area contributed by atoms with Gasteiger partial charge in [0, 0.05) is 29.9 Å². The fourth-order valence-electron chi connectivity index (χ4n) is 2.61. The van der Waals surface area contributed by atoms with E-state index in [1.165, 1.54) is 0 Å². The standard InChI is InChI=1S/C22H28N2O3S/c1-4-27-15-9-14-23-21(25)17-10-5-7-12-19(17)24-22(26)18-11-6-8-13-20(18)28-16(2)3/h5-8,10-13,16H,4,9,14-15H2,1-3H3,(H,23,25)(H,24,26). The van der Waals surface area contributed by atoms with Crippen LogP contribution in [0.2, 0.25) is 0 Å². The predicted molar refractivity (Wildman–Crippen MR) is 115 cm³/mol. The number of amides is 2. The van der Waals surface area contributed by atoms with Crippen molar-refractivity contribution in [1.82, 2.24) is 5.32 Å². The van der Waals surface area contributed by atoms with Crippen molar-refractivity contribution < 1.29 is 14.3 Å². The molecule has 0 spiro atoms. The average Bonchev–Trinajstić information content (AvgIpc) is 2.68. The van der Waals surface area contributed by atoms with Crippen LogP contribution < -0.4 is 10.6 Å². The van der Waals surface area contributed by atoms with E-state index in [0.29, 0.717) is 41.8 Å². The summed E-state index contributed by atoms with van der Waals surface area (Å²) in [5, 5.41) is 6.13. The maximum absolute atomic E-state index is 12.9. The number of rotatable bonds is 10. The first-order valence-electron chi connectivity index (χ1n) is 9.55. The fourth-order valence-corrected chi connectivity index (χ4v) is 3.56. The largest absolute Gasteiger partial charge is 0.382 e. The van der Waals surface area contributed by atoms with Gasteiger partial charge in [-0.1, -0.05) is 38.1 Å². The van der Waals surface area contributed by atoms with Crippen LogP contribution in [0.3, 0.4) is 0 Å². The highest BCUT2D eigenvalue weighted by atomic mass is 32.2. The summed E-state index contributed by atoms with van der Waals surface area (Å²) in [6, 6.07) is 14.5. The molecule has 0 saturated heterocycles. The molecular formula is C22H28N2O3S. The van der Waals surface area contributed by atoms with Crippen molar-refractivity contribution in [1.29, 1.82) is 0 Å². The van der Waals surface area contributed by atoms with Crippen LogP contribution >= 0.6 is 11.8 Å². The summed E-state index contributed by atoms with van der Waals surface area (Å²) < 4.78 is 5.27. The molecule has 0 atom stereocenters. The Hall–Kier alpha value is -2.31. The van der Waals surface area contributed by atoms with Crippen molar-refractivity contribution in [3.05, 3.63) is 59.7 Å². The van der Waals surface area contributed by atoms with Crippen LogP contribution in [-0.2, 0) is 4.74 Å². The first-order valence-corrected chi connectivity index (χ1v) is 10.4. The number of anilines is 1. The second kappa shape index (κ2) is 11.5. The zero-order valence-corrected chi connectivity index (χ0v) is 17.5. The topological polar surface area (TPSA) is 67.4 Å². The van der Waals surface area contributed by atoms with Gasteiger partial charge in [0.25, 0.3) is 11.8 Å². The van der Waals surface area contributed by atoms with Gasteiger partial charge < -0.3 is 15.4 Å². The Morgan fingerprint density at radius 2 is 1.68 bits per heavy atom. The molecule has 150 valence electrons. The van der Waals surface area contributed by atoms with Crippen molar-refractivity contribution in [2.24, 2.45) is 0 Å². The van der Waals surface area contributed by atoms with E-state index in [2.05, 4.69) is 24.5 Å². The van der Waals surface area contributed by atoms with E-state index in [9.17, 15) is 9.59 Å². The van der Waals surface area contributed by atoms with Gasteiger partial charge in [0.15, 0.2) is 0 Å². The van der Waals surface area contributed by atoms with Crippen molar-refractivity contribution in [2.75, 3.05) is 25.1 Å². The second-order valence-electron chi connectivity index (χ2n) is 6.47. The summed E-state index contributed by atoms with van der Waals surface area (Å²) in [6.07, 6.45) is 0.744. The summed E-state index contributed by atoms with van der Waals surface area (Å²) in [6.45, 7) is 7.91. The molecule has 0 heterocycles. The molecule has 5 nitrogen and oxygen atoms in total. The summed E-state index contributed by atoms with van der Waals surface area (Å²) in [5.74, 6) is -0.433. The van der Waals surface area contributed by atoms with Crippen molar-refractivity contribution in [2.45, 2.75) is 37.3 Å². The molecule has 0 radical (unpaired) electrons. The number of benzene rings is 2. The molecule has 2 aromatic carbocycles. The van der Waals surface area contributed by atoms with Crippen LogP contribution in [0.15, 0.2) is 53.4 Å². The fraction of sp³-hybridized carbons (Fsp3) is 0.364. The first-order chi connectivity index (χ1) is 13.5. The number of nitrogens with one attached hydrogen (secondary N) is 2. The third-order valence-corrected chi connectivity index (χ3v) is 4.95. The van der Waals surface area contributed by atoms with E-state index < -0.39 is 0 Å². The molecule has 0 saturated carbocycles. The number of hydrogen-bond donors (Lipinski definition) is 2. The van der Waals surface area contributed by atoms with Crippen LogP contribution in [0.25, 0.3) is 0 Å². The molecular weight excluding hydrogens is 372 g/mol. The second-order valence-corrected chi connectivity index (χ2v) is 8.09. The summed E-state index contributed by atoms with van der Waals surface area (Å²) >= 11 is 1.64.